The van der Waals surface area contributed by atoms with Crippen molar-refractivity contribution < 1.29 is 4.39 Å². The maximum Gasteiger partial charge on any atom is 0.141 e. The number of fused-ring (bicyclic) bond motifs is 1. The van der Waals surface area contributed by atoms with Gasteiger partial charge in [0.15, 0.2) is 0 Å². The predicted molar refractivity (Wildman–Crippen MR) is 99.3 cm³/mol. The number of aryl methyl sites for hydroxylation is 1. The van der Waals surface area contributed by atoms with Gasteiger partial charge in [0.05, 0.1) is 17.6 Å². The number of rotatable bonds is 4. The topological polar surface area (TPSA) is 37.8 Å². The smallest absolute Gasteiger partial charge is 0.141 e. The van der Waals surface area contributed by atoms with Crippen molar-refractivity contribution in [1.29, 1.82) is 0 Å². The molecule has 1 aliphatic carbocycles. The highest BCUT2D eigenvalue weighted by molar-refractivity contribution is 7.15. The second-order valence-electron chi connectivity index (χ2n) is 6.13. The molecule has 0 saturated carbocycles. The minimum atomic E-state index is -0.307. The minimum absolute atomic E-state index is 0.272. The van der Waals surface area contributed by atoms with E-state index < -0.39 is 0 Å². The van der Waals surface area contributed by atoms with Gasteiger partial charge in [-0.2, -0.15) is 0 Å². The lowest BCUT2D eigenvalue weighted by molar-refractivity contribution is 0.460. The Morgan fingerprint density at radius 2 is 2.04 bits per heavy atom. The van der Waals surface area contributed by atoms with Crippen LogP contribution in [0.25, 0.3) is 10.6 Å². The molecule has 1 N–H and O–H groups in total. The number of aromatic nitrogens is 2. The quantitative estimate of drug-likeness (QED) is 0.686. The molecule has 128 valence electrons. The van der Waals surface area contributed by atoms with Crippen molar-refractivity contribution in [2.24, 2.45) is 0 Å². The van der Waals surface area contributed by atoms with Crippen LogP contribution in [0, 0.1) is 5.82 Å². The van der Waals surface area contributed by atoms with Crippen molar-refractivity contribution in [1.82, 2.24) is 15.3 Å². The van der Waals surface area contributed by atoms with Gasteiger partial charge in [0, 0.05) is 28.0 Å². The van der Waals surface area contributed by atoms with Gasteiger partial charge >= 0.3 is 0 Å². The molecular formula is C19H17ClFN3S. The largest absolute Gasteiger partial charge is 0.303 e. The highest BCUT2D eigenvalue weighted by Gasteiger charge is 2.24. The number of pyridine rings is 1. The van der Waals surface area contributed by atoms with Gasteiger partial charge in [-0.3, -0.25) is 4.98 Å². The molecule has 1 atom stereocenters. The molecule has 2 heterocycles. The van der Waals surface area contributed by atoms with Gasteiger partial charge in [-0.25, -0.2) is 9.37 Å². The van der Waals surface area contributed by atoms with Crippen molar-refractivity contribution in [2.45, 2.75) is 31.8 Å². The summed E-state index contributed by atoms with van der Waals surface area (Å²) in [5.41, 5.74) is 3.13. The van der Waals surface area contributed by atoms with Crippen LogP contribution in [0.5, 0.6) is 0 Å². The summed E-state index contributed by atoms with van der Waals surface area (Å²) in [4.78, 5) is 10.3. The molecule has 0 spiro atoms. The highest BCUT2D eigenvalue weighted by Crippen LogP contribution is 2.38. The summed E-state index contributed by atoms with van der Waals surface area (Å²) in [5.74, 6) is -0.307. The van der Waals surface area contributed by atoms with E-state index in [-0.39, 0.29) is 11.9 Å². The second-order valence-corrected chi connectivity index (χ2v) is 7.60. The van der Waals surface area contributed by atoms with Crippen LogP contribution in [-0.4, -0.2) is 9.97 Å². The first-order valence-corrected chi connectivity index (χ1v) is 9.48. The number of halogens is 2. The fourth-order valence-electron chi connectivity index (χ4n) is 3.07. The van der Waals surface area contributed by atoms with Crippen LogP contribution in [0.15, 0.2) is 42.6 Å². The van der Waals surface area contributed by atoms with E-state index in [1.54, 1.807) is 17.4 Å². The molecule has 0 aliphatic heterocycles. The van der Waals surface area contributed by atoms with Gasteiger partial charge in [0.25, 0.3) is 0 Å². The van der Waals surface area contributed by atoms with Crippen LogP contribution in [-0.2, 0) is 13.0 Å². The molecule has 25 heavy (non-hydrogen) atoms. The zero-order chi connectivity index (χ0) is 17.2. The third-order valence-corrected chi connectivity index (χ3v) is 5.87. The van der Waals surface area contributed by atoms with Gasteiger partial charge in [0.2, 0.25) is 0 Å². The fourth-order valence-corrected chi connectivity index (χ4v) is 4.42. The van der Waals surface area contributed by atoms with Crippen molar-refractivity contribution in [3.8, 4) is 10.6 Å². The number of hydrogen-bond donors (Lipinski definition) is 1. The van der Waals surface area contributed by atoms with E-state index in [1.165, 1.54) is 22.8 Å². The number of benzene rings is 1. The third-order valence-electron chi connectivity index (χ3n) is 4.36. The molecule has 1 aliphatic rings. The normalized spacial score (nSPS) is 16.6. The van der Waals surface area contributed by atoms with E-state index in [9.17, 15) is 4.39 Å². The third kappa shape index (κ3) is 3.73. The Labute approximate surface area is 154 Å². The Morgan fingerprint density at radius 3 is 2.80 bits per heavy atom. The van der Waals surface area contributed by atoms with E-state index in [2.05, 4.69) is 10.3 Å². The summed E-state index contributed by atoms with van der Waals surface area (Å²) in [6.45, 7) is 0.624. The van der Waals surface area contributed by atoms with Gasteiger partial charge in [-0.05, 0) is 43.5 Å². The van der Waals surface area contributed by atoms with Crippen molar-refractivity contribution in [2.75, 3.05) is 0 Å². The predicted octanol–water partition coefficient (Wildman–Crippen LogP) is 5.16. The monoisotopic (exact) mass is 373 g/mol. The summed E-state index contributed by atoms with van der Waals surface area (Å²) in [6.07, 6.45) is 4.48. The molecule has 1 unspecified atom stereocenters. The summed E-state index contributed by atoms with van der Waals surface area (Å²) in [7, 11) is 0. The van der Waals surface area contributed by atoms with Gasteiger partial charge in [-0.15, -0.1) is 11.3 Å². The molecule has 0 saturated heterocycles. The first kappa shape index (κ1) is 16.6. The molecule has 1 aromatic carbocycles. The highest BCUT2D eigenvalue weighted by atomic mass is 35.5. The summed E-state index contributed by atoms with van der Waals surface area (Å²) >= 11 is 7.72. The Kier molecular flexibility index (Phi) is 4.79. The Morgan fingerprint density at radius 1 is 1.20 bits per heavy atom. The fraction of sp³-hybridized carbons (Fsp3) is 0.263. The Balaban J connectivity index is 1.53. The van der Waals surface area contributed by atoms with Crippen LogP contribution in [0.4, 0.5) is 4.39 Å². The maximum absolute atomic E-state index is 13.0. The van der Waals surface area contributed by atoms with Gasteiger partial charge < -0.3 is 5.32 Å². The van der Waals surface area contributed by atoms with Crippen LogP contribution >= 0.6 is 22.9 Å². The van der Waals surface area contributed by atoms with Gasteiger partial charge in [0.1, 0.15) is 10.8 Å². The SMILES string of the molecule is Fc1ccc(CNC2CCCc3nc(-c4ccc(Cl)cc4)sc32)nc1. The number of nitrogens with zero attached hydrogens (tertiary/aromatic N) is 2. The lowest BCUT2D eigenvalue weighted by Crippen LogP contribution is -2.24. The van der Waals surface area contributed by atoms with E-state index >= 15 is 0 Å². The summed E-state index contributed by atoms with van der Waals surface area (Å²) in [5, 5.41) is 5.32. The number of nitrogens with one attached hydrogen (secondary N) is 1. The first-order chi connectivity index (χ1) is 12.2. The molecule has 0 amide bonds. The van der Waals surface area contributed by atoms with E-state index in [0.717, 1.165) is 40.6 Å². The lowest BCUT2D eigenvalue weighted by Gasteiger charge is -2.22. The molecule has 3 nitrogen and oxygen atoms in total. The van der Waals surface area contributed by atoms with Crippen LogP contribution in [0.1, 0.15) is 35.1 Å². The zero-order valence-electron chi connectivity index (χ0n) is 13.5. The second kappa shape index (κ2) is 7.20. The van der Waals surface area contributed by atoms with Crippen LogP contribution in [0.2, 0.25) is 5.02 Å². The molecule has 4 rings (SSSR count). The standard InChI is InChI=1S/C19H17ClFN3S/c20-13-6-4-12(5-7-13)19-24-17-3-1-2-16(18(17)25-19)23-11-15-9-8-14(21)10-22-15/h4-10,16,23H,1-3,11H2. The first-order valence-electron chi connectivity index (χ1n) is 8.28. The minimum Gasteiger partial charge on any atom is -0.303 e. The summed E-state index contributed by atoms with van der Waals surface area (Å²) < 4.78 is 13.0. The maximum atomic E-state index is 13.0. The van der Waals surface area contributed by atoms with Crippen molar-refractivity contribution in [3.05, 3.63) is 69.7 Å². The molecule has 0 fully saturated rings. The zero-order valence-corrected chi connectivity index (χ0v) is 15.1. The van der Waals surface area contributed by atoms with Crippen LogP contribution in [0.3, 0.4) is 0 Å². The van der Waals surface area contributed by atoms with E-state index in [4.69, 9.17) is 16.6 Å². The van der Waals surface area contributed by atoms with Crippen molar-refractivity contribution >= 4 is 22.9 Å². The van der Waals surface area contributed by atoms with E-state index in [1.807, 2.05) is 24.3 Å². The lowest BCUT2D eigenvalue weighted by atomic mass is 9.98. The van der Waals surface area contributed by atoms with Crippen molar-refractivity contribution in [3.63, 3.8) is 0 Å². The summed E-state index contributed by atoms with van der Waals surface area (Å²) in [6, 6.07) is 11.3. The van der Waals surface area contributed by atoms with Crippen LogP contribution < -0.4 is 5.32 Å². The molecule has 2 aromatic heterocycles. The molecule has 0 radical (unpaired) electrons. The number of hydrogen-bond acceptors (Lipinski definition) is 4. The Bertz CT molecular complexity index is 861. The van der Waals surface area contributed by atoms with Gasteiger partial charge in [-0.1, -0.05) is 23.7 Å². The molecular weight excluding hydrogens is 357 g/mol. The number of thiazole rings is 1. The molecule has 6 heteroatoms. The molecule has 3 aromatic rings. The van der Waals surface area contributed by atoms with E-state index in [0.29, 0.717) is 6.54 Å². The average molecular weight is 374 g/mol. The average Bonchev–Trinajstić information content (AvgIpc) is 3.06. The Hall–Kier alpha value is -1.82. The molecule has 0 bridgehead atoms.